The first kappa shape index (κ1) is 15.5. The highest BCUT2D eigenvalue weighted by Crippen LogP contribution is 2.23. The van der Waals surface area contributed by atoms with Crippen molar-refractivity contribution in [3.63, 3.8) is 0 Å². The minimum absolute atomic E-state index is 0.0456. The first-order valence-corrected chi connectivity index (χ1v) is 7.67. The van der Waals surface area contributed by atoms with Gasteiger partial charge in [0.1, 0.15) is 17.3 Å². The Kier molecular flexibility index (Phi) is 4.30. The molecule has 1 aromatic heterocycles. The van der Waals surface area contributed by atoms with Crippen LogP contribution in [0.3, 0.4) is 0 Å². The van der Waals surface area contributed by atoms with Crippen molar-refractivity contribution in [3.05, 3.63) is 18.0 Å². The van der Waals surface area contributed by atoms with E-state index in [1.807, 2.05) is 0 Å². The molecule has 1 unspecified atom stereocenters. The summed E-state index contributed by atoms with van der Waals surface area (Å²) in [4.78, 5) is 11.1. The number of hydrogen-bond donors (Lipinski definition) is 4. The molecule has 1 fully saturated rings. The van der Waals surface area contributed by atoms with Gasteiger partial charge in [0.2, 0.25) is 0 Å². The zero-order chi connectivity index (χ0) is 16.4. The third kappa shape index (κ3) is 3.06. The summed E-state index contributed by atoms with van der Waals surface area (Å²) < 4.78 is 1.49. The highest BCUT2D eigenvalue weighted by molar-refractivity contribution is 6.11. The van der Waals surface area contributed by atoms with Gasteiger partial charge >= 0.3 is 0 Å². The molecule has 0 aliphatic carbocycles. The summed E-state index contributed by atoms with van der Waals surface area (Å²) in [5, 5.41) is 13.1. The van der Waals surface area contributed by atoms with E-state index in [0.29, 0.717) is 29.6 Å². The van der Waals surface area contributed by atoms with Crippen molar-refractivity contribution < 1.29 is 5.11 Å². The summed E-state index contributed by atoms with van der Waals surface area (Å²) in [6, 6.07) is -0.318. The van der Waals surface area contributed by atoms with Crippen molar-refractivity contribution in [2.24, 2.45) is 21.5 Å². The van der Waals surface area contributed by atoms with Crippen LogP contribution < -0.4 is 17.2 Å². The molecule has 0 radical (unpaired) electrons. The van der Waals surface area contributed by atoms with Crippen molar-refractivity contribution >= 4 is 23.2 Å². The number of nitrogens with two attached hydrogens (primary N) is 3. The number of hydrogen-bond acceptors (Lipinski definition) is 7. The molecule has 0 spiro atoms. The monoisotopic (exact) mass is 318 g/mol. The number of likely N-dealkylation sites (tertiary alicyclic amines) is 1. The fourth-order valence-corrected chi connectivity index (χ4v) is 2.77. The van der Waals surface area contributed by atoms with Gasteiger partial charge < -0.3 is 27.2 Å². The summed E-state index contributed by atoms with van der Waals surface area (Å²) in [7, 11) is 0. The smallest absolute Gasteiger partial charge is 0.177 e. The Labute approximate surface area is 134 Å². The van der Waals surface area contributed by atoms with E-state index in [9.17, 15) is 0 Å². The molecule has 1 saturated heterocycles. The maximum atomic E-state index is 8.98. The van der Waals surface area contributed by atoms with Gasteiger partial charge in [-0.3, -0.25) is 0 Å². The normalized spacial score (nSPS) is 23.3. The first-order valence-electron chi connectivity index (χ1n) is 7.67. The number of amidine groups is 2. The zero-order valence-corrected chi connectivity index (χ0v) is 12.9. The minimum Gasteiger partial charge on any atom is -0.396 e. The highest BCUT2D eigenvalue weighted by Gasteiger charge is 2.25. The maximum absolute atomic E-state index is 8.98. The summed E-state index contributed by atoms with van der Waals surface area (Å²) in [6.45, 7) is 2.17. The Morgan fingerprint density at radius 3 is 2.74 bits per heavy atom. The van der Waals surface area contributed by atoms with Crippen molar-refractivity contribution in [3.8, 4) is 0 Å². The molecule has 2 aliphatic heterocycles. The molecule has 1 atom stereocenters. The molecule has 0 bridgehead atoms. The Morgan fingerprint density at radius 2 is 2.04 bits per heavy atom. The number of aliphatic hydroxyl groups excluding tert-OH is 1. The van der Waals surface area contributed by atoms with Crippen LogP contribution >= 0.6 is 0 Å². The molecule has 0 saturated carbocycles. The molecule has 3 heterocycles. The maximum Gasteiger partial charge on any atom is 0.177 e. The van der Waals surface area contributed by atoms with Crippen molar-refractivity contribution in [1.29, 1.82) is 0 Å². The number of aliphatic imine (C=N–C) groups is 2. The van der Waals surface area contributed by atoms with Crippen molar-refractivity contribution in [2.75, 3.05) is 25.4 Å². The molecular weight excluding hydrogens is 296 g/mol. The number of dihydropyridines is 1. The summed E-state index contributed by atoms with van der Waals surface area (Å²) in [5.41, 5.74) is 19.0. The molecule has 9 nitrogen and oxygen atoms in total. The van der Waals surface area contributed by atoms with Gasteiger partial charge in [0.15, 0.2) is 5.84 Å². The Balaban J connectivity index is 1.91. The number of rotatable bonds is 3. The summed E-state index contributed by atoms with van der Waals surface area (Å²) in [5.74, 6) is 1.55. The molecule has 23 heavy (non-hydrogen) atoms. The predicted molar refractivity (Wildman–Crippen MR) is 89.3 cm³/mol. The second-order valence-electron chi connectivity index (χ2n) is 5.61. The second kappa shape index (κ2) is 6.39. The van der Waals surface area contributed by atoms with E-state index in [-0.39, 0.29) is 12.6 Å². The molecule has 7 N–H and O–H groups in total. The van der Waals surface area contributed by atoms with E-state index in [1.54, 1.807) is 6.08 Å². The lowest BCUT2D eigenvalue weighted by molar-refractivity contribution is 0.270. The van der Waals surface area contributed by atoms with Crippen LogP contribution in [-0.2, 0) is 6.54 Å². The van der Waals surface area contributed by atoms with E-state index in [2.05, 4.69) is 20.0 Å². The van der Waals surface area contributed by atoms with Crippen LogP contribution in [0.2, 0.25) is 0 Å². The minimum atomic E-state index is -0.318. The van der Waals surface area contributed by atoms with Crippen LogP contribution in [0.1, 0.15) is 12.8 Å². The Hall–Kier alpha value is -2.39. The van der Waals surface area contributed by atoms with Gasteiger partial charge in [0.05, 0.1) is 31.1 Å². The van der Waals surface area contributed by atoms with Gasteiger partial charge in [-0.1, -0.05) is 0 Å². The summed E-state index contributed by atoms with van der Waals surface area (Å²) >= 11 is 0. The lowest BCUT2D eigenvalue weighted by Crippen LogP contribution is -2.44. The quantitative estimate of drug-likeness (QED) is 0.572. The van der Waals surface area contributed by atoms with Crippen LogP contribution in [0, 0.1) is 0 Å². The van der Waals surface area contributed by atoms with E-state index >= 15 is 0 Å². The standard InChI is InChI=1S/C14H22N8O/c15-9-7-10(16)14(21-3-1-2-4-21)20-13(9)19-11-8-18-22(5-6-23)12(11)17/h7-8,10,23H,1-6,15-17H2. The largest absolute Gasteiger partial charge is 0.396 e. The van der Waals surface area contributed by atoms with E-state index in [4.69, 9.17) is 22.3 Å². The fraction of sp³-hybridized carbons (Fsp3) is 0.500. The second-order valence-corrected chi connectivity index (χ2v) is 5.61. The number of nitrogens with zero attached hydrogens (tertiary/aromatic N) is 5. The third-order valence-electron chi connectivity index (χ3n) is 3.96. The molecule has 124 valence electrons. The van der Waals surface area contributed by atoms with Crippen LogP contribution in [0.4, 0.5) is 11.5 Å². The molecule has 2 aliphatic rings. The molecule has 0 aromatic carbocycles. The van der Waals surface area contributed by atoms with Gasteiger partial charge in [-0.05, 0) is 18.9 Å². The average molecular weight is 318 g/mol. The van der Waals surface area contributed by atoms with Crippen LogP contribution in [-0.4, -0.2) is 57.2 Å². The number of nitrogen functional groups attached to an aromatic ring is 1. The van der Waals surface area contributed by atoms with E-state index in [0.717, 1.165) is 31.8 Å². The highest BCUT2D eigenvalue weighted by atomic mass is 16.3. The Morgan fingerprint density at radius 1 is 1.30 bits per heavy atom. The fourth-order valence-electron chi connectivity index (χ4n) is 2.77. The lowest BCUT2D eigenvalue weighted by atomic mass is 10.1. The molecule has 0 amide bonds. The van der Waals surface area contributed by atoms with Gasteiger partial charge in [-0.2, -0.15) is 5.10 Å². The predicted octanol–water partition coefficient (Wildman–Crippen LogP) is -0.835. The molecule has 9 heteroatoms. The van der Waals surface area contributed by atoms with Crippen molar-refractivity contribution in [1.82, 2.24) is 14.7 Å². The van der Waals surface area contributed by atoms with Crippen molar-refractivity contribution in [2.45, 2.75) is 25.4 Å². The topological polar surface area (TPSA) is 144 Å². The molecule has 3 rings (SSSR count). The molecule has 1 aromatic rings. The van der Waals surface area contributed by atoms with Crippen LogP contribution in [0.5, 0.6) is 0 Å². The van der Waals surface area contributed by atoms with Gasteiger partial charge in [0.25, 0.3) is 0 Å². The average Bonchev–Trinajstić information content (AvgIpc) is 3.15. The van der Waals surface area contributed by atoms with Crippen LogP contribution in [0.25, 0.3) is 0 Å². The number of aromatic nitrogens is 2. The van der Waals surface area contributed by atoms with Crippen LogP contribution in [0.15, 0.2) is 28.0 Å². The first-order chi connectivity index (χ1) is 11.1. The van der Waals surface area contributed by atoms with Gasteiger partial charge in [0, 0.05) is 13.1 Å². The lowest BCUT2D eigenvalue weighted by Gasteiger charge is -2.26. The van der Waals surface area contributed by atoms with Gasteiger partial charge in [-0.15, -0.1) is 0 Å². The van der Waals surface area contributed by atoms with Gasteiger partial charge in [-0.25, -0.2) is 14.7 Å². The number of aliphatic hydroxyl groups is 1. The summed E-state index contributed by atoms with van der Waals surface area (Å²) in [6.07, 6.45) is 5.56. The number of anilines is 1. The molecular formula is C14H22N8O. The third-order valence-corrected chi connectivity index (χ3v) is 3.96. The van der Waals surface area contributed by atoms with E-state index < -0.39 is 0 Å². The zero-order valence-electron chi connectivity index (χ0n) is 12.9. The van der Waals surface area contributed by atoms with E-state index in [1.165, 1.54) is 10.9 Å². The Bertz CT molecular complexity index is 668. The SMILES string of the molecule is NC1=CC(N)C(N2CCCC2)=NC1=Nc1cnn(CCO)c1N.